The molecule has 0 bridgehead atoms. The average Bonchev–Trinajstić information content (AvgIpc) is 2.99. The Labute approximate surface area is 134 Å². The highest BCUT2D eigenvalue weighted by Crippen LogP contribution is 2.43. The summed E-state index contributed by atoms with van der Waals surface area (Å²) in [4.78, 5) is 16.4. The van der Waals surface area contributed by atoms with Crippen molar-refractivity contribution in [2.45, 2.75) is 32.2 Å². The molecule has 0 saturated heterocycles. The van der Waals surface area contributed by atoms with Gasteiger partial charge in [-0.05, 0) is 30.2 Å². The molecule has 3 rings (SSSR count). The zero-order valence-corrected chi connectivity index (χ0v) is 13.4. The summed E-state index contributed by atoms with van der Waals surface area (Å²) < 4.78 is 0. The van der Waals surface area contributed by atoms with Crippen LogP contribution in [-0.4, -0.2) is 17.4 Å². The first-order chi connectivity index (χ1) is 10.7. The third-order valence-electron chi connectivity index (χ3n) is 4.42. The topological polar surface area (TPSA) is 68.0 Å². The highest BCUT2D eigenvalue weighted by Gasteiger charge is 2.37. The van der Waals surface area contributed by atoms with E-state index >= 15 is 0 Å². The molecular weight excluding hydrogens is 294 g/mol. The first-order valence-electron chi connectivity index (χ1n) is 7.67. The van der Waals surface area contributed by atoms with Gasteiger partial charge in [-0.1, -0.05) is 36.8 Å². The van der Waals surface area contributed by atoms with Crippen LogP contribution in [0.25, 0.3) is 0 Å². The molecule has 5 heteroatoms. The second-order valence-electron chi connectivity index (χ2n) is 6.03. The lowest BCUT2D eigenvalue weighted by atomic mass is 9.65. The molecule has 0 unspecified atom stereocenters. The number of hydrogen-bond donors (Lipinski definition) is 2. The molecule has 0 aliphatic heterocycles. The number of benzene rings is 1. The Morgan fingerprint density at radius 3 is 2.68 bits per heavy atom. The maximum absolute atomic E-state index is 12.2. The smallest absolute Gasteiger partial charge is 0.270 e. The number of nitrogens with one attached hydrogen (secondary N) is 1. The first kappa shape index (κ1) is 15.2. The number of thiazole rings is 1. The Morgan fingerprint density at radius 2 is 2.09 bits per heavy atom. The maximum Gasteiger partial charge on any atom is 0.270 e. The molecule has 1 aliphatic carbocycles. The Kier molecular flexibility index (Phi) is 4.55. The maximum atomic E-state index is 12.2. The van der Waals surface area contributed by atoms with Gasteiger partial charge in [0.25, 0.3) is 5.91 Å². The van der Waals surface area contributed by atoms with E-state index in [4.69, 9.17) is 5.73 Å². The lowest BCUT2D eigenvalue weighted by Crippen LogP contribution is -2.43. The van der Waals surface area contributed by atoms with Crippen LogP contribution in [0.1, 0.15) is 40.3 Å². The quantitative estimate of drug-likeness (QED) is 0.861. The molecule has 22 heavy (non-hydrogen) atoms. The monoisotopic (exact) mass is 315 g/mol. The second kappa shape index (κ2) is 6.58. The summed E-state index contributed by atoms with van der Waals surface area (Å²) in [6.07, 6.45) is 4.62. The van der Waals surface area contributed by atoms with E-state index < -0.39 is 0 Å². The lowest BCUT2D eigenvalue weighted by Gasteiger charge is -2.42. The molecule has 1 saturated carbocycles. The average molecular weight is 315 g/mol. The van der Waals surface area contributed by atoms with Crippen molar-refractivity contribution in [1.82, 2.24) is 10.3 Å². The number of carbonyl (C=O) groups is 1. The zero-order chi connectivity index (χ0) is 15.4. The van der Waals surface area contributed by atoms with E-state index in [9.17, 15) is 4.79 Å². The van der Waals surface area contributed by atoms with Gasteiger partial charge in [0.15, 0.2) is 0 Å². The van der Waals surface area contributed by atoms with Crippen molar-refractivity contribution < 1.29 is 4.79 Å². The molecule has 0 radical (unpaired) electrons. The van der Waals surface area contributed by atoms with Crippen LogP contribution in [0.2, 0.25) is 0 Å². The molecule has 0 atom stereocenters. The Morgan fingerprint density at radius 1 is 1.32 bits per heavy atom. The third-order valence-corrected chi connectivity index (χ3v) is 5.29. The molecule has 116 valence electrons. The van der Waals surface area contributed by atoms with E-state index in [2.05, 4.69) is 34.6 Å². The normalized spacial score (nSPS) is 16.0. The molecule has 3 N–H and O–H groups in total. The van der Waals surface area contributed by atoms with Gasteiger partial charge in [0.1, 0.15) is 10.7 Å². The van der Waals surface area contributed by atoms with Gasteiger partial charge in [0.05, 0.1) is 0 Å². The first-order valence-corrected chi connectivity index (χ1v) is 8.55. The van der Waals surface area contributed by atoms with E-state index in [0.717, 1.165) is 18.0 Å². The summed E-state index contributed by atoms with van der Waals surface area (Å²) in [5.41, 5.74) is 7.58. The Hall–Kier alpha value is -1.72. The zero-order valence-electron chi connectivity index (χ0n) is 12.5. The molecule has 1 heterocycles. The van der Waals surface area contributed by atoms with Gasteiger partial charge >= 0.3 is 0 Å². The Balaban J connectivity index is 1.60. The van der Waals surface area contributed by atoms with Crippen molar-refractivity contribution >= 4 is 17.2 Å². The summed E-state index contributed by atoms with van der Waals surface area (Å²) in [5, 5.41) is 5.64. The minimum absolute atomic E-state index is 0.0877. The van der Waals surface area contributed by atoms with Crippen LogP contribution in [0, 0.1) is 5.41 Å². The SMILES string of the molecule is NCc1nc(C(=O)NCC2(Cc3ccccc3)CCC2)cs1. The summed E-state index contributed by atoms with van der Waals surface area (Å²) >= 11 is 1.44. The fourth-order valence-corrected chi connectivity index (χ4v) is 3.64. The Bertz CT molecular complexity index is 634. The van der Waals surface area contributed by atoms with Crippen LogP contribution in [0.4, 0.5) is 0 Å². The van der Waals surface area contributed by atoms with Gasteiger partial charge in [0.2, 0.25) is 0 Å². The van der Waals surface area contributed by atoms with Crippen LogP contribution < -0.4 is 11.1 Å². The standard InChI is InChI=1S/C17H21N3OS/c18-10-15-20-14(11-22-15)16(21)19-12-17(7-4-8-17)9-13-5-2-1-3-6-13/h1-3,5-6,11H,4,7-10,12,18H2,(H,19,21). The van der Waals surface area contributed by atoms with E-state index in [0.29, 0.717) is 12.2 Å². The summed E-state index contributed by atoms with van der Waals surface area (Å²) in [5.74, 6) is -0.0877. The van der Waals surface area contributed by atoms with Crippen molar-refractivity contribution in [3.05, 3.63) is 52.0 Å². The van der Waals surface area contributed by atoms with Gasteiger partial charge < -0.3 is 11.1 Å². The highest BCUT2D eigenvalue weighted by atomic mass is 32.1. The van der Waals surface area contributed by atoms with Crippen molar-refractivity contribution in [3.63, 3.8) is 0 Å². The van der Waals surface area contributed by atoms with Gasteiger partial charge in [-0.15, -0.1) is 11.3 Å². The molecule has 0 spiro atoms. The van der Waals surface area contributed by atoms with E-state index in [-0.39, 0.29) is 11.3 Å². The molecule has 1 aromatic carbocycles. The predicted octanol–water partition coefficient (Wildman–Crippen LogP) is 2.74. The number of hydrogen-bond acceptors (Lipinski definition) is 4. The number of nitrogens with two attached hydrogens (primary N) is 1. The van der Waals surface area contributed by atoms with Crippen molar-refractivity contribution in [2.24, 2.45) is 11.1 Å². The van der Waals surface area contributed by atoms with Crippen LogP contribution in [0.15, 0.2) is 35.7 Å². The lowest BCUT2D eigenvalue weighted by molar-refractivity contribution is 0.0855. The van der Waals surface area contributed by atoms with Crippen molar-refractivity contribution in [2.75, 3.05) is 6.54 Å². The van der Waals surface area contributed by atoms with Gasteiger partial charge in [-0.3, -0.25) is 4.79 Å². The van der Waals surface area contributed by atoms with Gasteiger partial charge in [-0.2, -0.15) is 0 Å². The fraction of sp³-hybridized carbons (Fsp3) is 0.412. The molecule has 1 aliphatic rings. The van der Waals surface area contributed by atoms with Crippen molar-refractivity contribution in [3.8, 4) is 0 Å². The van der Waals surface area contributed by atoms with E-state index in [1.54, 1.807) is 5.38 Å². The molecule has 1 amide bonds. The van der Waals surface area contributed by atoms with Crippen LogP contribution in [0.3, 0.4) is 0 Å². The number of aromatic nitrogens is 1. The van der Waals surface area contributed by atoms with Gasteiger partial charge in [-0.25, -0.2) is 4.98 Å². The van der Waals surface area contributed by atoms with E-state index in [1.807, 2.05) is 6.07 Å². The van der Waals surface area contributed by atoms with Gasteiger partial charge in [0, 0.05) is 18.5 Å². The van der Waals surface area contributed by atoms with Crippen LogP contribution in [-0.2, 0) is 13.0 Å². The van der Waals surface area contributed by atoms with Crippen molar-refractivity contribution in [1.29, 1.82) is 0 Å². The summed E-state index contributed by atoms with van der Waals surface area (Å²) in [6, 6.07) is 10.5. The predicted molar refractivity (Wildman–Crippen MR) is 88.8 cm³/mol. The number of amides is 1. The van der Waals surface area contributed by atoms with Crippen LogP contribution in [0.5, 0.6) is 0 Å². The minimum Gasteiger partial charge on any atom is -0.350 e. The molecule has 1 fully saturated rings. The molecular formula is C17H21N3OS. The number of carbonyl (C=O) groups excluding carboxylic acids is 1. The minimum atomic E-state index is -0.0877. The van der Waals surface area contributed by atoms with Crippen LogP contribution >= 0.6 is 11.3 Å². The molecule has 1 aromatic heterocycles. The van der Waals surface area contributed by atoms with E-state index in [1.165, 1.54) is 36.2 Å². The summed E-state index contributed by atoms with van der Waals surface area (Å²) in [7, 11) is 0. The molecule has 4 nitrogen and oxygen atoms in total. The second-order valence-corrected chi connectivity index (χ2v) is 6.97. The third kappa shape index (κ3) is 3.36. The largest absolute Gasteiger partial charge is 0.350 e. The number of rotatable bonds is 6. The summed E-state index contributed by atoms with van der Waals surface area (Å²) in [6.45, 7) is 1.10. The highest BCUT2D eigenvalue weighted by molar-refractivity contribution is 7.09. The number of nitrogens with zero attached hydrogens (tertiary/aromatic N) is 1. The molecule has 2 aromatic rings. The fourth-order valence-electron chi connectivity index (χ4n) is 2.99.